The van der Waals surface area contributed by atoms with Gasteiger partial charge in [0.15, 0.2) is 0 Å². The van der Waals surface area contributed by atoms with Gasteiger partial charge in [0.25, 0.3) is 0 Å². The van der Waals surface area contributed by atoms with Gasteiger partial charge < -0.3 is 15.5 Å². The summed E-state index contributed by atoms with van der Waals surface area (Å²) >= 11 is 0. The zero-order valence-corrected chi connectivity index (χ0v) is 16.1. The van der Waals surface area contributed by atoms with Gasteiger partial charge >= 0.3 is 6.18 Å². The van der Waals surface area contributed by atoms with Crippen molar-refractivity contribution in [3.8, 4) is 0 Å². The molecule has 6 nitrogen and oxygen atoms in total. The minimum absolute atomic E-state index is 0. The molecular weight excluding hydrogens is 397 g/mol. The van der Waals surface area contributed by atoms with E-state index in [1.165, 1.54) is 9.80 Å². The summed E-state index contributed by atoms with van der Waals surface area (Å²) in [6.07, 6.45) is -3.54. The Hall–Kier alpha value is -1.84. The van der Waals surface area contributed by atoms with E-state index in [-0.39, 0.29) is 44.4 Å². The number of halogens is 4. The van der Waals surface area contributed by atoms with Crippen LogP contribution in [-0.2, 0) is 16.0 Å². The van der Waals surface area contributed by atoms with Crippen LogP contribution in [0.15, 0.2) is 24.3 Å². The molecule has 1 aromatic carbocycles. The molecule has 1 aromatic rings. The van der Waals surface area contributed by atoms with Crippen LogP contribution in [0.25, 0.3) is 0 Å². The maximum Gasteiger partial charge on any atom is 0.405 e. The quantitative estimate of drug-likeness (QED) is 0.754. The van der Waals surface area contributed by atoms with Gasteiger partial charge in [0.05, 0.1) is 0 Å². The summed E-state index contributed by atoms with van der Waals surface area (Å²) in [6, 6.07) is 5.53. The number of nitrogens with one attached hydrogen (secondary N) is 2. The van der Waals surface area contributed by atoms with Crippen molar-refractivity contribution >= 4 is 29.9 Å². The Kier molecular flexibility index (Phi) is 7.68. The molecule has 0 spiro atoms. The summed E-state index contributed by atoms with van der Waals surface area (Å²) in [5.74, 6) is -0.789. The molecule has 3 rings (SSSR count). The van der Waals surface area contributed by atoms with Gasteiger partial charge in [-0.2, -0.15) is 13.2 Å². The Morgan fingerprint density at radius 3 is 2.54 bits per heavy atom. The lowest BCUT2D eigenvalue weighted by Crippen LogP contribution is -2.58. The van der Waals surface area contributed by atoms with Crippen LogP contribution < -0.4 is 15.5 Å². The van der Waals surface area contributed by atoms with Crippen LogP contribution in [0.3, 0.4) is 0 Å². The molecule has 2 amide bonds. The average molecular weight is 421 g/mol. The van der Waals surface area contributed by atoms with Gasteiger partial charge in [-0.3, -0.25) is 14.5 Å². The summed E-state index contributed by atoms with van der Waals surface area (Å²) in [7, 11) is 0. The highest BCUT2D eigenvalue weighted by molar-refractivity contribution is 6.01. The normalized spacial score (nSPS) is 18.8. The number of piperazine rings is 1. The molecule has 1 unspecified atom stereocenters. The smallest absolute Gasteiger partial charge is 0.353 e. The first-order valence-corrected chi connectivity index (χ1v) is 9.02. The Balaban J connectivity index is 0.00000280. The molecule has 0 aliphatic carbocycles. The van der Waals surface area contributed by atoms with Gasteiger partial charge in [-0.25, -0.2) is 0 Å². The lowest BCUT2D eigenvalue weighted by molar-refractivity contribution is -0.184. The van der Waals surface area contributed by atoms with Crippen LogP contribution in [-0.4, -0.2) is 68.2 Å². The van der Waals surface area contributed by atoms with Gasteiger partial charge in [0.2, 0.25) is 11.8 Å². The van der Waals surface area contributed by atoms with E-state index in [2.05, 4.69) is 10.6 Å². The number of alkyl halides is 3. The molecule has 1 saturated heterocycles. The van der Waals surface area contributed by atoms with Gasteiger partial charge in [0, 0.05) is 44.8 Å². The highest BCUT2D eigenvalue weighted by atomic mass is 35.5. The van der Waals surface area contributed by atoms with E-state index < -0.39 is 24.7 Å². The van der Waals surface area contributed by atoms with Crippen molar-refractivity contribution in [3.63, 3.8) is 0 Å². The second-order valence-electron chi connectivity index (χ2n) is 6.76. The SMILES string of the molecule is Cl.O=C(CN1C(=O)CCc2ccccc21)NCC(N1CCNCC1)C(F)(F)F. The van der Waals surface area contributed by atoms with E-state index in [1.807, 2.05) is 12.1 Å². The maximum atomic E-state index is 13.4. The van der Waals surface area contributed by atoms with E-state index in [9.17, 15) is 22.8 Å². The van der Waals surface area contributed by atoms with Crippen molar-refractivity contribution in [3.05, 3.63) is 29.8 Å². The van der Waals surface area contributed by atoms with Gasteiger partial charge in [-0.05, 0) is 18.1 Å². The molecule has 1 fully saturated rings. The van der Waals surface area contributed by atoms with Crippen molar-refractivity contribution in [2.24, 2.45) is 0 Å². The van der Waals surface area contributed by atoms with Crippen LogP contribution in [0.1, 0.15) is 12.0 Å². The van der Waals surface area contributed by atoms with Crippen LogP contribution in [0.4, 0.5) is 18.9 Å². The Morgan fingerprint density at radius 1 is 1.18 bits per heavy atom. The largest absolute Gasteiger partial charge is 0.405 e. The Labute approximate surface area is 167 Å². The van der Waals surface area contributed by atoms with Crippen molar-refractivity contribution in [2.75, 3.05) is 44.2 Å². The van der Waals surface area contributed by atoms with Gasteiger partial charge in [0.1, 0.15) is 12.6 Å². The molecule has 2 aliphatic heterocycles. The summed E-state index contributed by atoms with van der Waals surface area (Å²) < 4.78 is 40.2. The first kappa shape index (κ1) is 22.4. The molecule has 2 aliphatic rings. The number of carbonyl (C=O) groups excluding carboxylic acids is 2. The minimum atomic E-state index is -4.43. The molecule has 1 atom stereocenters. The number of benzene rings is 1. The third-order valence-corrected chi connectivity index (χ3v) is 4.96. The number of hydrogen-bond acceptors (Lipinski definition) is 4. The molecule has 28 heavy (non-hydrogen) atoms. The van der Waals surface area contributed by atoms with Crippen molar-refractivity contribution in [1.82, 2.24) is 15.5 Å². The van der Waals surface area contributed by atoms with Crippen molar-refractivity contribution < 1.29 is 22.8 Å². The number of rotatable bonds is 5. The van der Waals surface area contributed by atoms with Crippen LogP contribution >= 0.6 is 12.4 Å². The van der Waals surface area contributed by atoms with Gasteiger partial charge in [-0.15, -0.1) is 12.4 Å². The number of nitrogens with zero attached hydrogens (tertiary/aromatic N) is 2. The third-order valence-electron chi connectivity index (χ3n) is 4.96. The fraction of sp³-hybridized carbons (Fsp3) is 0.556. The molecule has 156 valence electrons. The Bertz CT molecular complexity index is 696. The monoisotopic (exact) mass is 420 g/mol. The number of aryl methyl sites for hydroxylation is 1. The molecule has 2 N–H and O–H groups in total. The summed E-state index contributed by atoms with van der Waals surface area (Å²) in [5.41, 5.74) is 1.61. The van der Waals surface area contributed by atoms with E-state index in [0.717, 1.165) is 5.56 Å². The maximum absolute atomic E-state index is 13.4. The zero-order valence-electron chi connectivity index (χ0n) is 15.3. The fourth-order valence-electron chi connectivity index (χ4n) is 3.53. The van der Waals surface area contributed by atoms with Crippen LogP contribution in [0.5, 0.6) is 0 Å². The summed E-state index contributed by atoms with van der Waals surface area (Å²) in [5, 5.41) is 5.38. The number of carbonyl (C=O) groups is 2. The van der Waals surface area contributed by atoms with Gasteiger partial charge in [-0.1, -0.05) is 18.2 Å². The van der Waals surface area contributed by atoms with Crippen molar-refractivity contribution in [2.45, 2.75) is 25.1 Å². The molecule has 0 aromatic heterocycles. The second kappa shape index (κ2) is 9.58. The minimum Gasteiger partial charge on any atom is -0.353 e. The number of anilines is 1. The molecule has 10 heteroatoms. The van der Waals surface area contributed by atoms with E-state index in [4.69, 9.17) is 0 Å². The number of para-hydroxylation sites is 1. The first-order chi connectivity index (χ1) is 12.9. The number of fused-ring (bicyclic) bond motifs is 1. The molecule has 0 saturated carbocycles. The summed E-state index contributed by atoms with van der Waals surface area (Å²) in [6.45, 7) is 0.725. The van der Waals surface area contributed by atoms with E-state index in [1.54, 1.807) is 12.1 Å². The predicted octanol–water partition coefficient (Wildman–Crippen LogP) is 1.34. The number of hydrogen-bond donors (Lipinski definition) is 2. The topological polar surface area (TPSA) is 64.7 Å². The first-order valence-electron chi connectivity index (χ1n) is 9.02. The number of amides is 2. The van der Waals surface area contributed by atoms with E-state index >= 15 is 0 Å². The fourth-order valence-corrected chi connectivity index (χ4v) is 3.53. The van der Waals surface area contributed by atoms with Crippen LogP contribution in [0, 0.1) is 0 Å². The highest BCUT2D eigenvalue weighted by Gasteiger charge is 2.43. The lowest BCUT2D eigenvalue weighted by Gasteiger charge is -2.36. The third kappa shape index (κ3) is 5.36. The molecular formula is C18H24ClF3N4O2. The standard InChI is InChI=1S/C18H23F3N4O2.ClH/c19-18(20,21)15(24-9-7-22-8-10-24)11-23-16(26)12-25-14-4-2-1-3-13(14)5-6-17(25)27;/h1-4,15,22H,5-12H2,(H,23,26);1H. The predicted molar refractivity (Wildman–Crippen MR) is 102 cm³/mol. The Morgan fingerprint density at radius 2 is 1.86 bits per heavy atom. The van der Waals surface area contributed by atoms with Crippen molar-refractivity contribution in [1.29, 1.82) is 0 Å². The zero-order chi connectivity index (χ0) is 19.4. The molecule has 0 radical (unpaired) electrons. The van der Waals surface area contributed by atoms with E-state index in [0.29, 0.717) is 25.2 Å². The lowest BCUT2D eigenvalue weighted by atomic mass is 10.0. The van der Waals surface area contributed by atoms with Crippen LogP contribution in [0.2, 0.25) is 0 Å². The average Bonchev–Trinajstić information content (AvgIpc) is 2.64. The molecule has 0 bridgehead atoms. The summed E-state index contributed by atoms with van der Waals surface area (Å²) in [4.78, 5) is 27.1. The molecule has 2 heterocycles. The second-order valence-corrected chi connectivity index (χ2v) is 6.76. The highest BCUT2D eigenvalue weighted by Crippen LogP contribution is 2.27.